The number of aliphatic hydroxyl groups is 1. The fourth-order valence-electron chi connectivity index (χ4n) is 3.67. The number of nitrogens with zero attached hydrogens (tertiary/aromatic N) is 1. The lowest BCUT2D eigenvalue weighted by Gasteiger charge is -2.21. The SMILES string of the molecule is O=C(N[C@H]1C[C@H](O)C[C@H]1NC(=O)c1ccc(Cl)s1)c1ccc(-n2ccccc2=O)cc1. The van der Waals surface area contributed by atoms with Gasteiger partial charge in [-0.05, 0) is 55.3 Å². The van der Waals surface area contributed by atoms with Crippen LogP contribution in [0, 0.1) is 0 Å². The summed E-state index contributed by atoms with van der Waals surface area (Å²) in [7, 11) is 0. The van der Waals surface area contributed by atoms with E-state index in [4.69, 9.17) is 11.6 Å². The van der Waals surface area contributed by atoms with Gasteiger partial charge in [0.05, 0.1) is 27.4 Å². The molecule has 160 valence electrons. The van der Waals surface area contributed by atoms with Crippen LogP contribution in [0.5, 0.6) is 0 Å². The minimum atomic E-state index is -0.616. The topological polar surface area (TPSA) is 100 Å². The Labute approximate surface area is 187 Å². The molecular formula is C22H20ClN3O4S. The van der Waals surface area contributed by atoms with Gasteiger partial charge in [-0.15, -0.1) is 11.3 Å². The largest absolute Gasteiger partial charge is 0.393 e. The highest BCUT2D eigenvalue weighted by molar-refractivity contribution is 7.18. The van der Waals surface area contributed by atoms with Gasteiger partial charge in [-0.3, -0.25) is 19.0 Å². The van der Waals surface area contributed by atoms with Gasteiger partial charge in [0.15, 0.2) is 0 Å². The summed E-state index contributed by atoms with van der Waals surface area (Å²) >= 11 is 7.06. The zero-order valence-electron chi connectivity index (χ0n) is 16.3. The summed E-state index contributed by atoms with van der Waals surface area (Å²) in [6.07, 6.45) is 1.74. The molecule has 31 heavy (non-hydrogen) atoms. The number of hydrogen-bond acceptors (Lipinski definition) is 5. The van der Waals surface area contributed by atoms with Gasteiger partial charge in [0.1, 0.15) is 0 Å². The summed E-state index contributed by atoms with van der Waals surface area (Å²) < 4.78 is 2.00. The van der Waals surface area contributed by atoms with Gasteiger partial charge >= 0.3 is 0 Å². The molecule has 1 saturated carbocycles. The van der Waals surface area contributed by atoms with E-state index in [1.54, 1.807) is 54.7 Å². The zero-order chi connectivity index (χ0) is 22.0. The van der Waals surface area contributed by atoms with E-state index in [9.17, 15) is 19.5 Å². The average Bonchev–Trinajstić information content (AvgIpc) is 3.33. The predicted molar refractivity (Wildman–Crippen MR) is 119 cm³/mol. The molecule has 7 nitrogen and oxygen atoms in total. The Morgan fingerprint density at radius 2 is 1.65 bits per heavy atom. The second-order valence-electron chi connectivity index (χ2n) is 7.34. The van der Waals surface area contributed by atoms with Crippen LogP contribution in [0.3, 0.4) is 0 Å². The molecule has 4 rings (SSSR count). The molecule has 1 aliphatic rings. The van der Waals surface area contributed by atoms with E-state index in [0.717, 1.165) is 0 Å². The number of hydrogen-bond donors (Lipinski definition) is 3. The maximum atomic E-state index is 12.7. The van der Waals surface area contributed by atoms with Gasteiger partial charge in [-0.25, -0.2) is 0 Å². The number of thiophene rings is 1. The first-order chi connectivity index (χ1) is 14.9. The van der Waals surface area contributed by atoms with E-state index in [-0.39, 0.29) is 17.4 Å². The third-order valence-electron chi connectivity index (χ3n) is 5.20. The summed E-state index contributed by atoms with van der Waals surface area (Å²) in [5.74, 6) is -0.600. The summed E-state index contributed by atoms with van der Waals surface area (Å²) in [6, 6.07) is 14.0. The molecule has 3 atom stereocenters. The molecule has 1 aliphatic carbocycles. The van der Waals surface area contributed by atoms with Crippen LogP contribution in [-0.4, -0.2) is 39.7 Å². The Morgan fingerprint density at radius 1 is 0.968 bits per heavy atom. The maximum absolute atomic E-state index is 12.7. The first-order valence-electron chi connectivity index (χ1n) is 9.74. The first-order valence-corrected chi connectivity index (χ1v) is 10.9. The van der Waals surface area contributed by atoms with E-state index in [2.05, 4.69) is 10.6 Å². The van der Waals surface area contributed by atoms with Crippen LogP contribution in [-0.2, 0) is 0 Å². The molecule has 1 aromatic carbocycles. The van der Waals surface area contributed by atoms with Crippen LogP contribution >= 0.6 is 22.9 Å². The van der Waals surface area contributed by atoms with Gasteiger partial charge in [0.2, 0.25) is 0 Å². The van der Waals surface area contributed by atoms with Crippen molar-refractivity contribution >= 4 is 34.8 Å². The normalized spacial score (nSPS) is 20.4. The van der Waals surface area contributed by atoms with Gasteiger partial charge in [-0.2, -0.15) is 0 Å². The molecule has 3 N–H and O–H groups in total. The fraction of sp³-hybridized carbons (Fsp3) is 0.227. The quantitative estimate of drug-likeness (QED) is 0.548. The molecule has 0 radical (unpaired) electrons. The summed E-state index contributed by atoms with van der Waals surface area (Å²) in [5.41, 5.74) is 0.910. The minimum Gasteiger partial charge on any atom is -0.393 e. The number of rotatable bonds is 5. The second kappa shape index (κ2) is 9.05. The van der Waals surface area contributed by atoms with E-state index in [1.807, 2.05) is 0 Å². The number of halogens is 1. The lowest BCUT2D eigenvalue weighted by atomic mass is 10.1. The van der Waals surface area contributed by atoms with E-state index in [0.29, 0.717) is 33.3 Å². The fourth-order valence-corrected chi connectivity index (χ4v) is 4.62. The van der Waals surface area contributed by atoms with Crippen molar-refractivity contribution in [3.63, 3.8) is 0 Å². The van der Waals surface area contributed by atoms with Crippen molar-refractivity contribution in [3.05, 3.63) is 85.9 Å². The van der Waals surface area contributed by atoms with Crippen LogP contribution in [0.1, 0.15) is 32.9 Å². The molecule has 9 heteroatoms. The molecule has 0 unspecified atom stereocenters. The lowest BCUT2D eigenvalue weighted by Crippen LogP contribution is -2.48. The van der Waals surface area contributed by atoms with Gasteiger partial charge in [-0.1, -0.05) is 17.7 Å². The van der Waals surface area contributed by atoms with Crippen molar-refractivity contribution in [2.45, 2.75) is 31.0 Å². The Balaban J connectivity index is 1.43. The maximum Gasteiger partial charge on any atom is 0.261 e. The van der Waals surface area contributed by atoms with Gasteiger partial charge in [0, 0.05) is 23.5 Å². The van der Waals surface area contributed by atoms with Crippen molar-refractivity contribution in [2.75, 3.05) is 0 Å². The summed E-state index contributed by atoms with van der Waals surface area (Å²) in [4.78, 5) is 37.6. The minimum absolute atomic E-state index is 0.162. The molecule has 0 bridgehead atoms. The number of pyridine rings is 1. The van der Waals surface area contributed by atoms with Crippen molar-refractivity contribution in [1.29, 1.82) is 0 Å². The second-order valence-corrected chi connectivity index (χ2v) is 9.06. The Bertz CT molecular complexity index is 1160. The average molecular weight is 458 g/mol. The monoisotopic (exact) mass is 457 g/mol. The molecule has 2 aromatic heterocycles. The first kappa shape index (κ1) is 21.3. The molecule has 2 heterocycles. The number of nitrogens with one attached hydrogen (secondary N) is 2. The number of carbonyl (C=O) groups excluding carboxylic acids is 2. The van der Waals surface area contributed by atoms with Crippen molar-refractivity contribution < 1.29 is 14.7 Å². The summed E-state index contributed by atoms with van der Waals surface area (Å²) in [6.45, 7) is 0. The highest BCUT2D eigenvalue weighted by Gasteiger charge is 2.35. The number of amides is 2. The summed E-state index contributed by atoms with van der Waals surface area (Å²) in [5, 5.41) is 15.9. The van der Waals surface area contributed by atoms with Crippen LogP contribution in [0.25, 0.3) is 5.69 Å². The molecule has 2 amide bonds. The number of benzene rings is 1. The number of aliphatic hydroxyl groups excluding tert-OH is 1. The molecular weight excluding hydrogens is 438 g/mol. The van der Waals surface area contributed by atoms with Crippen LogP contribution in [0.4, 0.5) is 0 Å². The lowest BCUT2D eigenvalue weighted by molar-refractivity contribution is 0.0894. The predicted octanol–water partition coefficient (Wildman–Crippen LogP) is 2.60. The molecule has 0 aliphatic heterocycles. The smallest absolute Gasteiger partial charge is 0.261 e. The van der Waals surface area contributed by atoms with Crippen molar-refractivity contribution in [2.24, 2.45) is 0 Å². The Kier molecular flexibility index (Phi) is 6.22. The molecule has 3 aromatic rings. The van der Waals surface area contributed by atoms with Crippen molar-refractivity contribution in [3.8, 4) is 5.69 Å². The van der Waals surface area contributed by atoms with Gasteiger partial charge in [0.25, 0.3) is 17.4 Å². The van der Waals surface area contributed by atoms with Gasteiger partial charge < -0.3 is 15.7 Å². The zero-order valence-corrected chi connectivity index (χ0v) is 17.9. The van der Waals surface area contributed by atoms with Crippen LogP contribution < -0.4 is 16.2 Å². The van der Waals surface area contributed by atoms with Crippen molar-refractivity contribution in [1.82, 2.24) is 15.2 Å². The Hall–Kier alpha value is -2.94. The van der Waals surface area contributed by atoms with E-state index >= 15 is 0 Å². The Morgan fingerprint density at radius 3 is 2.26 bits per heavy atom. The molecule has 0 saturated heterocycles. The standard InChI is InChI=1S/C22H20ClN3O4S/c23-19-9-8-18(31-19)22(30)25-17-12-15(27)11-16(17)24-21(29)13-4-6-14(7-5-13)26-10-2-1-3-20(26)28/h1-10,15-17,27H,11-12H2,(H,24,29)(H,25,30)/t15-,16-,17+/m0/s1. The van der Waals surface area contributed by atoms with E-state index in [1.165, 1.54) is 22.0 Å². The highest BCUT2D eigenvalue weighted by atomic mass is 35.5. The molecule has 1 fully saturated rings. The number of carbonyl (C=O) groups is 2. The third-order valence-corrected chi connectivity index (χ3v) is 6.43. The van der Waals surface area contributed by atoms with Crippen LogP contribution in [0.15, 0.2) is 65.6 Å². The highest BCUT2D eigenvalue weighted by Crippen LogP contribution is 2.24. The number of aromatic nitrogens is 1. The van der Waals surface area contributed by atoms with Crippen LogP contribution in [0.2, 0.25) is 4.34 Å². The third kappa shape index (κ3) is 4.87. The molecule has 0 spiro atoms. The van der Waals surface area contributed by atoms with E-state index < -0.39 is 18.2 Å².